The van der Waals surface area contributed by atoms with Crippen molar-refractivity contribution < 1.29 is 13.6 Å². The number of carbonyl (C=O) groups is 1. The number of hydrogen-bond acceptors (Lipinski definition) is 1. The van der Waals surface area contributed by atoms with Crippen molar-refractivity contribution in [2.24, 2.45) is 5.92 Å². The van der Waals surface area contributed by atoms with Crippen LogP contribution in [-0.2, 0) is 4.79 Å². The van der Waals surface area contributed by atoms with E-state index in [1.807, 2.05) is 0 Å². The summed E-state index contributed by atoms with van der Waals surface area (Å²) in [6, 6.07) is 0. The van der Waals surface area contributed by atoms with Crippen LogP contribution in [-0.4, -0.2) is 29.8 Å². The SMILES string of the molecule is CC(=O)N1CCC(C(C)(F)F)CC1. The van der Waals surface area contributed by atoms with Gasteiger partial charge in [0.15, 0.2) is 0 Å². The molecule has 1 heterocycles. The molecule has 0 aromatic heterocycles. The molecule has 2 nitrogen and oxygen atoms in total. The van der Waals surface area contributed by atoms with Gasteiger partial charge >= 0.3 is 0 Å². The maximum atomic E-state index is 12.8. The zero-order chi connectivity index (χ0) is 10.1. The lowest BCUT2D eigenvalue weighted by molar-refractivity contribution is -0.133. The molecule has 1 aliphatic rings. The third-order valence-corrected chi connectivity index (χ3v) is 2.66. The Bertz CT molecular complexity index is 192. The maximum Gasteiger partial charge on any atom is 0.248 e. The summed E-state index contributed by atoms with van der Waals surface area (Å²) >= 11 is 0. The molecule has 4 heteroatoms. The maximum absolute atomic E-state index is 12.8. The van der Waals surface area contributed by atoms with Gasteiger partial charge in [0, 0.05) is 25.9 Å². The van der Waals surface area contributed by atoms with Gasteiger partial charge in [0.1, 0.15) is 0 Å². The number of amides is 1. The van der Waals surface area contributed by atoms with Crippen LogP contribution in [0.5, 0.6) is 0 Å². The number of likely N-dealkylation sites (tertiary alicyclic amines) is 1. The topological polar surface area (TPSA) is 20.3 Å². The summed E-state index contributed by atoms with van der Waals surface area (Å²) in [4.78, 5) is 12.5. The Morgan fingerprint density at radius 1 is 1.38 bits per heavy atom. The number of piperidine rings is 1. The van der Waals surface area contributed by atoms with Crippen LogP contribution in [0.15, 0.2) is 0 Å². The Kier molecular flexibility index (Phi) is 2.88. The van der Waals surface area contributed by atoms with E-state index in [0.29, 0.717) is 25.9 Å². The van der Waals surface area contributed by atoms with Crippen molar-refractivity contribution in [3.8, 4) is 0 Å². The largest absolute Gasteiger partial charge is 0.343 e. The summed E-state index contributed by atoms with van der Waals surface area (Å²) in [5.41, 5.74) is 0. The Morgan fingerprint density at radius 3 is 2.15 bits per heavy atom. The first-order valence-corrected chi connectivity index (χ1v) is 4.54. The predicted molar refractivity (Wildman–Crippen MR) is 45.6 cm³/mol. The van der Waals surface area contributed by atoms with Crippen molar-refractivity contribution in [1.29, 1.82) is 0 Å². The Morgan fingerprint density at radius 2 is 1.85 bits per heavy atom. The molecule has 0 aromatic carbocycles. The zero-order valence-corrected chi connectivity index (χ0v) is 8.02. The van der Waals surface area contributed by atoms with Crippen molar-refractivity contribution in [2.45, 2.75) is 32.6 Å². The third kappa shape index (κ3) is 2.64. The number of carbonyl (C=O) groups excluding carboxylic acids is 1. The molecule has 0 saturated carbocycles. The van der Waals surface area contributed by atoms with Gasteiger partial charge in [-0.3, -0.25) is 4.79 Å². The molecular weight excluding hydrogens is 176 g/mol. The fraction of sp³-hybridized carbons (Fsp3) is 0.889. The molecule has 0 aromatic rings. The molecule has 76 valence electrons. The Labute approximate surface area is 76.9 Å². The molecule has 1 saturated heterocycles. The smallest absolute Gasteiger partial charge is 0.248 e. The summed E-state index contributed by atoms with van der Waals surface area (Å²) < 4.78 is 25.7. The fourth-order valence-electron chi connectivity index (χ4n) is 1.70. The summed E-state index contributed by atoms with van der Waals surface area (Å²) in [6.07, 6.45) is 0.839. The van der Waals surface area contributed by atoms with Crippen LogP contribution in [0.1, 0.15) is 26.7 Å². The van der Waals surface area contributed by atoms with E-state index < -0.39 is 11.8 Å². The molecule has 1 aliphatic heterocycles. The number of rotatable bonds is 1. The number of alkyl halides is 2. The molecule has 1 rings (SSSR count). The molecule has 1 amide bonds. The second-order valence-electron chi connectivity index (χ2n) is 3.74. The minimum Gasteiger partial charge on any atom is -0.343 e. The first kappa shape index (κ1) is 10.4. The summed E-state index contributed by atoms with van der Waals surface area (Å²) in [7, 11) is 0. The third-order valence-electron chi connectivity index (χ3n) is 2.66. The molecular formula is C9H15F2NO. The lowest BCUT2D eigenvalue weighted by Crippen LogP contribution is -2.41. The van der Waals surface area contributed by atoms with Gasteiger partial charge in [0.25, 0.3) is 0 Å². The van der Waals surface area contributed by atoms with Gasteiger partial charge in [0.2, 0.25) is 11.8 Å². The summed E-state index contributed by atoms with van der Waals surface area (Å²) in [5.74, 6) is -3.16. The monoisotopic (exact) mass is 191 g/mol. The van der Waals surface area contributed by atoms with Gasteiger partial charge in [-0.2, -0.15) is 0 Å². The molecule has 0 atom stereocenters. The first-order chi connectivity index (χ1) is 5.91. The summed E-state index contributed by atoms with van der Waals surface area (Å²) in [6.45, 7) is 3.39. The van der Waals surface area contributed by atoms with Gasteiger partial charge in [-0.15, -0.1) is 0 Å². The van der Waals surface area contributed by atoms with Gasteiger partial charge in [-0.25, -0.2) is 8.78 Å². The van der Waals surface area contributed by atoms with E-state index >= 15 is 0 Å². The Balaban J connectivity index is 2.44. The predicted octanol–water partition coefficient (Wildman–Crippen LogP) is 1.90. The first-order valence-electron chi connectivity index (χ1n) is 4.54. The van der Waals surface area contributed by atoms with Crippen LogP contribution in [0.3, 0.4) is 0 Å². The van der Waals surface area contributed by atoms with E-state index in [4.69, 9.17) is 0 Å². The van der Waals surface area contributed by atoms with Crippen LogP contribution >= 0.6 is 0 Å². The minimum atomic E-state index is -2.59. The fourth-order valence-corrected chi connectivity index (χ4v) is 1.70. The van der Waals surface area contributed by atoms with E-state index in [-0.39, 0.29) is 5.91 Å². The van der Waals surface area contributed by atoms with E-state index in [0.717, 1.165) is 6.92 Å². The molecule has 1 fully saturated rings. The lowest BCUT2D eigenvalue weighted by Gasteiger charge is -2.33. The molecule has 0 bridgehead atoms. The van der Waals surface area contributed by atoms with Crippen LogP contribution in [0.4, 0.5) is 8.78 Å². The van der Waals surface area contributed by atoms with E-state index in [9.17, 15) is 13.6 Å². The van der Waals surface area contributed by atoms with Crippen LogP contribution in [0, 0.1) is 5.92 Å². The quantitative estimate of drug-likeness (QED) is 0.620. The van der Waals surface area contributed by atoms with Crippen molar-refractivity contribution in [3.05, 3.63) is 0 Å². The average Bonchev–Trinajstić information content (AvgIpc) is 2.03. The number of nitrogens with zero attached hydrogens (tertiary/aromatic N) is 1. The molecule has 13 heavy (non-hydrogen) atoms. The van der Waals surface area contributed by atoms with Gasteiger partial charge < -0.3 is 4.90 Å². The molecule has 0 spiro atoms. The van der Waals surface area contributed by atoms with Crippen molar-refractivity contribution in [2.75, 3.05) is 13.1 Å². The molecule has 0 aliphatic carbocycles. The Hall–Kier alpha value is -0.670. The van der Waals surface area contributed by atoms with Gasteiger partial charge in [0.05, 0.1) is 0 Å². The second-order valence-corrected chi connectivity index (χ2v) is 3.74. The van der Waals surface area contributed by atoms with Gasteiger partial charge in [-0.05, 0) is 19.8 Å². The minimum absolute atomic E-state index is 0.0159. The average molecular weight is 191 g/mol. The van der Waals surface area contributed by atoms with Crippen molar-refractivity contribution >= 4 is 5.91 Å². The van der Waals surface area contributed by atoms with E-state index in [2.05, 4.69) is 0 Å². The highest BCUT2D eigenvalue weighted by Crippen LogP contribution is 2.32. The van der Waals surface area contributed by atoms with Crippen LogP contribution < -0.4 is 0 Å². The molecule has 0 N–H and O–H groups in total. The number of halogens is 2. The normalized spacial score (nSPS) is 20.5. The van der Waals surface area contributed by atoms with Crippen molar-refractivity contribution in [1.82, 2.24) is 4.90 Å². The zero-order valence-electron chi connectivity index (χ0n) is 8.02. The standard InChI is InChI=1S/C9H15F2NO/c1-7(13)12-5-3-8(4-6-12)9(2,10)11/h8H,3-6H2,1-2H3. The highest BCUT2D eigenvalue weighted by Gasteiger charge is 2.36. The second kappa shape index (κ2) is 3.60. The highest BCUT2D eigenvalue weighted by atomic mass is 19.3. The molecule has 0 radical (unpaired) electrons. The van der Waals surface area contributed by atoms with Crippen LogP contribution in [0.25, 0.3) is 0 Å². The molecule has 0 unspecified atom stereocenters. The van der Waals surface area contributed by atoms with Crippen LogP contribution in [0.2, 0.25) is 0 Å². The highest BCUT2D eigenvalue weighted by molar-refractivity contribution is 5.73. The lowest BCUT2D eigenvalue weighted by atomic mass is 9.91. The van der Waals surface area contributed by atoms with Crippen molar-refractivity contribution in [3.63, 3.8) is 0 Å². The van der Waals surface area contributed by atoms with E-state index in [1.165, 1.54) is 6.92 Å². The van der Waals surface area contributed by atoms with Gasteiger partial charge in [-0.1, -0.05) is 0 Å². The van der Waals surface area contributed by atoms with E-state index in [1.54, 1.807) is 4.90 Å². The number of hydrogen-bond donors (Lipinski definition) is 0. The summed E-state index contributed by atoms with van der Waals surface area (Å²) in [5, 5.41) is 0.